The number of benzene rings is 1. The molecule has 3 N–H and O–H groups in total. The van der Waals surface area contributed by atoms with Gasteiger partial charge in [0.25, 0.3) is 18.2 Å². The number of carbonyl (C=O) groups is 2. The lowest BCUT2D eigenvalue weighted by atomic mass is 10.2. The molecule has 0 radical (unpaired) electrons. The van der Waals surface area contributed by atoms with Gasteiger partial charge in [0.15, 0.2) is 11.0 Å². The molecular weight excluding hydrogens is 418 g/mol. The number of aromatic amines is 1. The summed E-state index contributed by atoms with van der Waals surface area (Å²) < 4.78 is 30.8. The van der Waals surface area contributed by atoms with Crippen LogP contribution in [0.1, 0.15) is 38.0 Å². The highest BCUT2D eigenvalue weighted by molar-refractivity contribution is 7.17. The van der Waals surface area contributed by atoms with Crippen LogP contribution in [0, 0.1) is 6.92 Å². The third-order valence-corrected chi connectivity index (χ3v) is 5.75. The van der Waals surface area contributed by atoms with Crippen molar-refractivity contribution in [2.24, 2.45) is 0 Å². The van der Waals surface area contributed by atoms with Crippen molar-refractivity contribution in [1.82, 2.24) is 25.8 Å². The van der Waals surface area contributed by atoms with Gasteiger partial charge in [-0.05, 0) is 25.1 Å². The molecule has 0 atom stereocenters. The summed E-state index contributed by atoms with van der Waals surface area (Å²) >= 11 is 1.24. The number of anilines is 1. The molecule has 2 amide bonds. The first-order chi connectivity index (χ1) is 14.4. The molecule has 0 spiro atoms. The second-order valence-electron chi connectivity index (χ2n) is 6.57. The Bertz CT molecular complexity index is 1090. The lowest BCUT2D eigenvalue weighted by molar-refractivity contribution is 0.0848. The molecule has 12 heteroatoms. The molecule has 0 aliphatic carbocycles. The SMILES string of the molecule is Cc1nc(N2CCOCC2)sc1C(=O)NNC(=O)c1ccc2nc(C(F)F)[nH]c2c1. The topological polar surface area (TPSA) is 112 Å². The maximum atomic E-state index is 12.8. The quantitative estimate of drug-likeness (QED) is 0.541. The molecule has 158 valence electrons. The van der Waals surface area contributed by atoms with Gasteiger partial charge < -0.3 is 14.6 Å². The van der Waals surface area contributed by atoms with Crippen LogP contribution >= 0.6 is 11.3 Å². The van der Waals surface area contributed by atoms with Gasteiger partial charge in [0, 0.05) is 18.7 Å². The van der Waals surface area contributed by atoms with Crippen LogP contribution in [0.5, 0.6) is 0 Å². The van der Waals surface area contributed by atoms with E-state index in [9.17, 15) is 18.4 Å². The molecule has 1 aliphatic rings. The maximum absolute atomic E-state index is 12.8. The third kappa shape index (κ3) is 4.09. The summed E-state index contributed by atoms with van der Waals surface area (Å²) in [7, 11) is 0. The van der Waals surface area contributed by atoms with Gasteiger partial charge in [0.2, 0.25) is 0 Å². The predicted octanol–water partition coefficient (Wildman–Crippen LogP) is 2.18. The third-order valence-electron chi connectivity index (χ3n) is 4.53. The standard InChI is InChI=1S/C18H18F2N6O3S/c1-9-13(30-18(21-9)26-4-6-29-7-5-26)17(28)25-24-16(27)10-2-3-11-12(8-10)23-15(22-11)14(19)20/h2-3,8,14H,4-7H2,1H3,(H,22,23)(H,24,27)(H,25,28). The van der Waals surface area contributed by atoms with Crippen LogP contribution in [0.2, 0.25) is 0 Å². The summed E-state index contributed by atoms with van der Waals surface area (Å²) in [5, 5.41) is 0.729. The highest BCUT2D eigenvalue weighted by Crippen LogP contribution is 2.26. The molecule has 0 unspecified atom stereocenters. The summed E-state index contributed by atoms with van der Waals surface area (Å²) in [5.41, 5.74) is 6.07. The van der Waals surface area contributed by atoms with Gasteiger partial charge in [0.05, 0.1) is 29.9 Å². The lowest BCUT2D eigenvalue weighted by Crippen LogP contribution is -2.41. The van der Waals surface area contributed by atoms with Gasteiger partial charge in [-0.1, -0.05) is 11.3 Å². The van der Waals surface area contributed by atoms with Crippen molar-refractivity contribution in [3.8, 4) is 0 Å². The molecule has 3 aromatic rings. The minimum atomic E-state index is -2.74. The number of morpholine rings is 1. The van der Waals surface area contributed by atoms with E-state index in [1.54, 1.807) is 6.92 Å². The number of hydrogen-bond acceptors (Lipinski definition) is 7. The average Bonchev–Trinajstić information content (AvgIpc) is 3.35. The monoisotopic (exact) mass is 436 g/mol. The number of fused-ring (bicyclic) bond motifs is 1. The number of aromatic nitrogens is 3. The summed E-state index contributed by atoms with van der Waals surface area (Å²) in [6.07, 6.45) is -2.74. The van der Waals surface area contributed by atoms with E-state index in [-0.39, 0.29) is 5.56 Å². The van der Waals surface area contributed by atoms with E-state index in [0.717, 1.165) is 5.13 Å². The van der Waals surface area contributed by atoms with Crippen LogP contribution < -0.4 is 15.8 Å². The van der Waals surface area contributed by atoms with E-state index in [1.807, 2.05) is 4.90 Å². The Labute approximate surface area is 173 Å². The number of aryl methyl sites for hydroxylation is 1. The number of halogens is 2. The molecule has 30 heavy (non-hydrogen) atoms. The second kappa shape index (κ2) is 8.32. The summed E-state index contributed by atoms with van der Waals surface area (Å²) in [6, 6.07) is 4.29. The van der Waals surface area contributed by atoms with E-state index in [4.69, 9.17) is 4.74 Å². The number of H-pyrrole nitrogens is 1. The lowest BCUT2D eigenvalue weighted by Gasteiger charge is -2.25. The van der Waals surface area contributed by atoms with Crippen molar-refractivity contribution in [3.05, 3.63) is 40.2 Å². The minimum Gasteiger partial charge on any atom is -0.378 e. The smallest absolute Gasteiger partial charge is 0.295 e. The summed E-state index contributed by atoms with van der Waals surface area (Å²) in [6.45, 7) is 4.34. The van der Waals surface area contributed by atoms with Gasteiger partial charge in [-0.15, -0.1) is 0 Å². The number of nitrogens with zero attached hydrogens (tertiary/aromatic N) is 3. The van der Waals surface area contributed by atoms with E-state index in [1.165, 1.54) is 29.5 Å². The van der Waals surface area contributed by atoms with E-state index < -0.39 is 24.1 Å². The van der Waals surface area contributed by atoms with Crippen LogP contribution in [0.4, 0.5) is 13.9 Å². The van der Waals surface area contributed by atoms with Gasteiger partial charge >= 0.3 is 0 Å². The highest BCUT2D eigenvalue weighted by atomic mass is 32.1. The maximum Gasteiger partial charge on any atom is 0.295 e. The largest absolute Gasteiger partial charge is 0.378 e. The number of carbonyl (C=O) groups excluding carboxylic acids is 2. The number of hydrazine groups is 1. The summed E-state index contributed by atoms with van der Waals surface area (Å²) in [5.74, 6) is -1.54. The van der Waals surface area contributed by atoms with Crippen LogP contribution in [0.3, 0.4) is 0 Å². The normalized spacial score (nSPS) is 14.3. The Morgan fingerprint density at radius 2 is 1.93 bits per heavy atom. The molecule has 1 fully saturated rings. The molecule has 4 rings (SSSR count). The number of nitrogens with one attached hydrogen (secondary N) is 3. The summed E-state index contributed by atoms with van der Waals surface area (Å²) in [4.78, 5) is 37.9. The van der Waals surface area contributed by atoms with Gasteiger partial charge in [-0.25, -0.2) is 18.7 Å². The molecule has 0 saturated carbocycles. The molecule has 3 heterocycles. The number of hydrogen-bond donors (Lipinski definition) is 3. The number of imidazole rings is 1. The Kier molecular flexibility index (Phi) is 5.59. The molecule has 9 nitrogen and oxygen atoms in total. The van der Waals surface area contributed by atoms with Crippen LogP contribution in [-0.2, 0) is 4.74 Å². The first-order valence-electron chi connectivity index (χ1n) is 9.11. The number of rotatable bonds is 4. The van der Waals surface area contributed by atoms with Gasteiger partial charge in [-0.3, -0.25) is 20.4 Å². The first kappa shape index (κ1) is 20.2. The fourth-order valence-electron chi connectivity index (χ4n) is 3.00. The molecule has 1 saturated heterocycles. The molecule has 1 aromatic carbocycles. The fourth-order valence-corrected chi connectivity index (χ4v) is 4.01. The Morgan fingerprint density at radius 1 is 1.20 bits per heavy atom. The zero-order chi connectivity index (χ0) is 21.3. The fraction of sp³-hybridized carbons (Fsp3) is 0.333. The van der Waals surface area contributed by atoms with Crippen molar-refractivity contribution in [1.29, 1.82) is 0 Å². The number of alkyl halides is 2. The van der Waals surface area contributed by atoms with E-state index in [2.05, 4.69) is 25.8 Å². The van der Waals surface area contributed by atoms with Crippen molar-refractivity contribution in [2.75, 3.05) is 31.2 Å². The van der Waals surface area contributed by atoms with Crippen LogP contribution in [0.15, 0.2) is 18.2 Å². The van der Waals surface area contributed by atoms with Crippen molar-refractivity contribution < 1.29 is 23.1 Å². The van der Waals surface area contributed by atoms with Crippen molar-refractivity contribution >= 4 is 39.3 Å². The van der Waals surface area contributed by atoms with Crippen molar-refractivity contribution in [2.45, 2.75) is 13.3 Å². The molecule has 1 aliphatic heterocycles. The van der Waals surface area contributed by atoms with Gasteiger partial charge in [0.1, 0.15) is 4.88 Å². The van der Waals surface area contributed by atoms with Crippen molar-refractivity contribution in [3.63, 3.8) is 0 Å². The molecule has 0 bridgehead atoms. The van der Waals surface area contributed by atoms with Gasteiger partial charge in [-0.2, -0.15) is 0 Å². The average molecular weight is 436 g/mol. The number of amides is 2. The van der Waals surface area contributed by atoms with Crippen LogP contribution in [0.25, 0.3) is 11.0 Å². The first-order valence-corrected chi connectivity index (χ1v) is 9.92. The minimum absolute atomic E-state index is 0.183. The predicted molar refractivity (Wildman–Crippen MR) is 106 cm³/mol. The number of thiazole rings is 1. The zero-order valence-electron chi connectivity index (χ0n) is 15.9. The molecular formula is C18H18F2N6O3S. The Balaban J connectivity index is 1.41. The molecule has 2 aromatic heterocycles. The zero-order valence-corrected chi connectivity index (χ0v) is 16.7. The van der Waals surface area contributed by atoms with E-state index >= 15 is 0 Å². The Hall–Kier alpha value is -3.12. The Morgan fingerprint density at radius 3 is 2.67 bits per heavy atom. The second-order valence-corrected chi connectivity index (χ2v) is 7.55. The van der Waals surface area contributed by atoms with Crippen LogP contribution in [-0.4, -0.2) is 53.1 Å². The van der Waals surface area contributed by atoms with E-state index in [0.29, 0.717) is 47.9 Å². The highest BCUT2D eigenvalue weighted by Gasteiger charge is 2.21. The number of ether oxygens (including phenoxy) is 1.